The summed E-state index contributed by atoms with van der Waals surface area (Å²) < 4.78 is 0. The first-order valence-electron chi connectivity index (χ1n) is 4.98. The van der Waals surface area contributed by atoms with E-state index in [1.165, 1.54) is 12.1 Å². The van der Waals surface area contributed by atoms with Crippen molar-refractivity contribution in [3.8, 4) is 11.1 Å². The Morgan fingerprint density at radius 2 is 1.50 bits per heavy atom. The zero-order valence-electron chi connectivity index (χ0n) is 9.37. The number of rotatable bonds is 2. The number of benzene rings is 2. The highest BCUT2D eigenvalue weighted by Gasteiger charge is 2.12. The lowest BCUT2D eigenvalue weighted by Gasteiger charge is -2.03. The third-order valence-electron chi connectivity index (χ3n) is 2.47. The van der Waals surface area contributed by atoms with E-state index in [0.717, 1.165) is 11.1 Å². The summed E-state index contributed by atoms with van der Waals surface area (Å²) in [7, 11) is 0. The summed E-state index contributed by atoms with van der Waals surface area (Å²) in [4.78, 5) is 10.3. The van der Waals surface area contributed by atoms with Crippen molar-refractivity contribution in [3.05, 3.63) is 52.6 Å². The molecule has 0 atom stereocenters. The van der Waals surface area contributed by atoms with Crippen LogP contribution in [0.4, 0.5) is 17.1 Å². The number of hydrogen-bond donors (Lipinski definition) is 2. The Morgan fingerprint density at radius 3 is 2.06 bits per heavy atom. The minimum Gasteiger partial charge on any atom is -0.399 e. The van der Waals surface area contributed by atoms with Crippen LogP contribution in [-0.4, -0.2) is 4.92 Å². The molecule has 0 bridgehead atoms. The van der Waals surface area contributed by atoms with Gasteiger partial charge >= 0.3 is 0 Å². The van der Waals surface area contributed by atoms with Gasteiger partial charge in [-0.1, -0.05) is 18.2 Å². The molecule has 4 N–H and O–H groups in total. The summed E-state index contributed by atoms with van der Waals surface area (Å²) in [5.74, 6) is 0. The van der Waals surface area contributed by atoms with Gasteiger partial charge in [0.05, 0.1) is 4.92 Å². The predicted octanol–water partition coefficient (Wildman–Crippen LogP) is 2.85. The molecule has 0 aliphatic rings. The van der Waals surface area contributed by atoms with Gasteiger partial charge in [-0.25, -0.2) is 0 Å². The normalized spacial score (nSPS) is 9.56. The fraction of sp³-hybridized carbons (Fsp3) is 0. The van der Waals surface area contributed by atoms with E-state index in [-0.39, 0.29) is 23.8 Å². The topological polar surface area (TPSA) is 95.2 Å². The summed E-state index contributed by atoms with van der Waals surface area (Å²) in [6, 6.07) is 11.8. The molecule has 18 heavy (non-hydrogen) atoms. The van der Waals surface area contributed by atoms with E-state index in [1.807, 2.05) is 12.1 Å². The van der Waals surface area contributed by atoms with Crippen LogP contribution < -0.4 is 11.5 Å². The van der Waals surface area contributed by atoms with Crippen LogP contribution in [0.5, 0.6) is 0 Å². The molecule has 0 unspecified atom stereocenters. The highest BCUT2D eigenvalue weighted by Crippen LogP contribution is 2.28. The van der Waals surface area contributed by atoms with Gasteiger partial charge in [-0.3, -0.25) is 10.1 Å². The first kappa shape index (κ1) is 13.8. The van der Waals surface area contributed by atoms with E-state index in [1.54, 1.807) is 18.2 Å². The molecule has 0 fully saturated rings. The van der Waals surface area contributed by atoms with Crippen molar-refractivity contribution in [1.29, 1.82) is 0 Å². The van der Waals surface area contributed by atoms with Crippen LogP contribution in [-0.2, 0) is 0 Å². The predicted molar refractivity (Wildman–Crippen MR) is 74.6 cm³/mol. The van der Waals surface area contributed by atoms with Crippen molar-refractivity contribution < 1.29 is 4.92 Å². The molecule has 2 aromatic rings. The van der Waals surface area contributed by atoms with Crippen molar-refractivity contribution >= 4 is 29.5 Å². The molecule has 2 aromatic carbocycles. The molecule has 94 valence electrons. The van der Waals surface area contributed by atoms with Gasteiger partial charge in [-0.2, -0.15) is 0 Å². The summed E-state index contributed by atoms with van der Waals surface area (Å²) in [6.07, 6.45) is 0. The van der Waals surface area contributed by atoms with Crippen molar-refractivity contribution in [2.45, 2.75) is 0 Å². The molecule has 0 aliphatic heterocycles. The van der Waals surface area contributed by atoms with Gasteiger partial charge in [0.2, 0.25) is 0 Å². The van der Waals surface area contributed by atoms with Crippen LogP contribution in [0.1, 0.15) is 0 Å². The molecule has 0 aromatic heterocycles. The second-order valence-corrected chi connectivity index (χ2v) is 3.65. The van der Waals surface area contributed by atoms with E-state index >= 15 is 0 Å². The summed E-state index contributed by atoms with van der Waals surface area (Å²) in [6.45, 7) is 0. The zero-order valence-corrected chi connectivity index (χ0v) is 10.2. The maximum absolute atomic E-state index is 10.8. The fourth-order valence-corrected chi connectivity index (χ4v) is 1.56. The maximum Gasteiger partial charge on any atom is 0.292 e. The van der Waals surface area contributed by atoms with Crippen LogP contribution >= 0.6 is 12.4 Å². The maximum atomic E-state index is 10.8. The molecular weight excluding hydrogens is 254 g/mol. The molecule has 0 heterocycles. The number of nitro groups is 1. The Labute approximate surface area is 110 Å². The Bertz CT molecular complexity index is 570. The van der Waals surface area contributed by atoms with Gasteiger partial charge < -0.3 is 11.5 Å². The lowest BCUT2D eigenvalue weighted by atomic mass is 10.0. The van der Waals surface area contributed by atoms with Gasteiger partial charge in [0.25, 0.3) is 5.69 Å². The zero-order chi connectivity index (χ0) is 12.4. The Kier molecular flexibility index (Phi) is 4.12. The molecule has 0 spiro atoms. The average Bonchev–Trinajstić information content (AvgIpc) is 2.30. The Balaban J connectivity index is 0.00000162. The molecule has 6 heteroatoms. The third kappa shape index (κ3) is 2.70. The minimum atomic E-state index is -0.490. The van der Waals surface area contributed by atoms with Crippen molar-refractivity contribution in [1.82, 2.24) is 0 Å². The average molecular weight is 266 g/mol. The Morgan fingerprint density at radius 1 is 0.944 bits per heavy atom. The van der Waals surface area contributed by atoms with Crippen LogP contribution in [0.2, 0.25) is 0 Å². The second-order valence-electron chi connectivity index (χ2n) is 3.65. The number of nitro benzene ring substituents is 1. The van der Waals surface area contributed by atoms with E-state index in [2.05, 4.69) is 0 Å². The highest BCUT2D eigenvalue weighted by molar-refractivity contribution is 5.85. The molecule has 0 radical (unpaired) electrons. The van der Waals surface area contributed by atoms with Gasteiger partial charge in [0, 0.05) is 11.8 Å². The van der Waals surface area contributed by atoms with Crippen LogP contribution in [0.3, 0.4) is 0 Å². The lowest BCUT2D eigenvalue weighted by molar-refractivity contribution is -0.383. The van der Waals surface area contributed by atoms with E-state index in [9.17, 15) is 10.1 Å². The number of anilines is 2. The quantitative estimate of drug-likeness (QED) is 0.496. The molecule has 0 saturated heterocycles. The second kappa shape index (κ2) is 5.37. The van der Waals surface area contributed by atoms with Gasteiger partial charge in [0.15, 0.2) is 0 Å². The fourth-order valence-electron chi connectivity index (χ4n) is 1.56. The molecule has 2 rings (SSSR count). The lowest BCUT2D eigenvalue weighted by Crippen LogP contribution is -1.95. The molecule has 0 saturated carbocycles. The van der Waals surface area contributed by atoms with Crippen LogP contribution in [0.15, 0.2) is 42.5 Å². The number of halogens is 1. The number of nitrogen functional groups attached to an aromatic ring is 2. The van der Waals surface area contributed by atoms with E-state index in [4.69, 9.17) is 11.5 Å². The smallest absolute Gasteiger partial charge is 0.292 e. The van der Waals surface area contributed by atoms with Crippen LogP contribution in [0, 0.1) is 10.1 Å². The standard InChI is InChI=1S/C12H11N3O2.ClH/c13-10-4-1-8(2-5-10)9-3-6-11(14)12(7-9)15(16)17;/h1-7H,13-14H2;1H. The molecule has 0 aliphatic carbocycles. The largest absolute Gasteiger partial charge is 0.399 e. The first-order chi connectivity index (χ1) is 8.08. The SMILES string of the molecule is Cl.Nc1ccc(-c2ccc(N)c([N+](=O)[O-])c2)cc1. The van der Waals surface area contributed by atoms with Gasteiger partial charge in [0.1, 0.15) is 5.69 Å². The number of nitrogens with two attached hydrogens (primary N) is 2. The minimum absolute atomic E-state index is 0. The van der Waals surface area contributed by atoms with Crippen molar-refractivity contribution in [2.24, 2.45) is 0 Å². The Hall–Kier alpha value is -2.27. The monoisotopic (exact) mass is 265 g/mol. The van der Waals surface area contributed by atoms with Crippen molar-refractivity contribution in [3.63, 3.8) is 0 Å². The van der Waals surface area contributed by atoms with Crippen LogP contribution in [0.25, 0.3) is 11.1 Å². The number of hydrogen-bond acceptors (Lipinski definition) is 4. The van der Waals surface area contributed by atoms with E-state index in [0.29, 0.717) is 5.69 Å². The molecule has 0 amide bonds. The van der Waals surface area contributed by atoms with Gasteiger partial charge in [-0.05, 0) is 29.3 Å². The third-order valence-corrected chi connectivity index (χ3v) is 2.47. The summed E-state index contributed by atoms with van der Waals surface area (Å²) in [5, 5.41) is 10.8. The summed E-state index contributed by atoms with van der Waals surface area (Å²) in [5.41, 5.74) is 13.4. The van der Waals surface area contributed by atoms with E-state index < -0.39 is 4.92 Å². The molecule has 5 nitrogen and oxygen atoms in total. The highest BCUT2D eigenvalue weighted by atomic mass is 35.5. The van der Waals surface area contributed by atoms with Gasteiger partial charge in [-0.15, -0.1) is 12.4 Å². The summed E-state index contributed by atoms with van der Waals surface area (Å²) >= 11 is 0. The van der Waals surface area contributed by atoms with Crippen molar-refractivity contribution in [2.75, 3.05) is 11.5 Å². The molecular formula is C12H12ClN3O2. The first-order valence-corrected chi connectivity index (χ1v) is 4.98. The number of nitrogens with zero attached hydrogens (tertiary/aromatic N) is 1.